The minimum Gasteiger partial charge on any atom is -0.374 e. The van der Waals surface area contributed by atoms with Gasteiger partial charge < -0.3 is 14.2 Å². The van der Waals surface area contributed by atoms with E-state index < -0.39 is 19.1 Å². The Kier molecular flexibility index (Phi) is 6.02. The number of halogens is 3. The molecule has 0 aromatic heterocycles. The molecule has 0 unspecified atom stereocenters. The van der Waals surface area contributed by atoms with Crippen LogP contribution in [0.5, 0.6) is 0 Å². The average Bonchev–Trinajstić information content (AvgIpc) is 2.46. The van der Waals surface area contributed by atoms with Gasteiger partial charge in [0.05, 0.1) is 19.3 Å². The van der Waals surface area contributed by atoms with E-state index in [1.165, 1.54) is 0 Å². The maximum atomic E-state index is 12.1. The number of hydrogen-bond donors (Lipinski definition) is 0. The summed E-state index contributed by atoms with van der Waals surface area (Å²) in [7, 11) is 0. The van der Waals surface area contributed by atoms with Gasteiger partial charge in [0.2, 0.25) is 0 Å². The minimum absolute atomic E-state index is 0.208. The molecule has 0 aliphatic carbocycles. The molecular formula is C15H19F3O3. The molecule has 0 spiro atoms. The summed E-state index contributed by atoms with van der Waals surface area (Å²) in [4.78, 5) is 0. The van der Waals surface area contributed by atoms with Crippen molar-refractivity contribution in [3.63, 3.8) is 0 Å². The molecule has 2 atom stereocenters. The second-order valence-corrected chi connectivity index (χ2v) is 5.05. The number of rotatable bonds is 6. The molecule has 0 saturated carbocycles. The molecule has 0 N–H and O–H groups in total. The van der Waals surface area contributed by atoms with Crippen molar-refractivity contribution in [3.05, 3.63) is 35.9 Å². The Morgan fingerprint density at radius 1 is 1.14 bits per heavy atom. The average molecular weight is 304 g/mol. The van der Waals surface area contributed by atoms with Gasteiger partial charge >= 0.3 is 6.18 Å². The highest BCUT2D eigenvalue weighted by Crippen LogP contribution is 2.23. The SMILES string of the molecule is FC(F)(F)CO[C@H]1CCC[C@@H](COCc2ccccc2)O1. The number of alkyl halides is 3. The lowest BCUT2D eigenvalue weighted by Gasteiger charge is -2.30. The predicted octanol–water partition coefficient (Wildman–Crippen LogP) is 3.68. The van der Waals surface area contributed by atoms with Crippen LogP contribution in [-0.2, 0) is 20.8 Å². The number of ether oxygens (including phenoxy) is 3. The van der Waals surface area contributed by atoms with Crippen LogP contribution < -0.4 is 0 Å². The molecule has 1 saturated heterocycles. The largest absolute Gasteiger partial charge is 0.411 e. The standard InChI is InChI=1S/C15H19F3O3/c16-15(17,18)11-20-14-8-4-7-13(21-14)10-19-9-12-5-2-1-3-6-12/h1-3,5-6,13-14H,4,7-11H2/t13-,14+/m0/s1. The Hall–Kier alpha value is -1.11. The van der Waals surface area contributed by atoms with Gasteiger partial charge in [0.15, 0.2) is 6.29 Å². The fraction of sp³-hybridized carbons (Fsp3) is 0.600. The molecule has 0 amide bonds. The zero-order valence-corrected chi connectivity index (χ0v) is 11.6. The Balaban J connectivity index is 1.67. The molecule has 1 aliphatic rings. The third kappa shape index (κ3) is 6.46. The van der Waals surface area contributed by atoms with E-state index in [1.807, 2.05) is 30.3 Å². The van der Waals surface area contributed by atoms with Crippen molar-refractivity contribution in [1.29, 1.82) is 0 Å². The van der Waals surface area contributed by atoms with Crippen molar-refractivity contribution in [3.8, 4) is 0 Å². The summed E-state index contributed by atoms with van der Waals surface area (Å²) in [6, 6.07) is 9.69. The first kappa shape index (κ1) is 16.3. The summed E-state index contributed by atoms with van der Waals surface area (Å²) in [6.07, 6.45) is -3.26. The van der Waals surface area contributed by atoms with Gasteiger partial charge in [-0.2, -0.15) is 13.2 Å². The summed E-state index contributed by atoms with van der Waals surface area (Å²) in [5, 5.41) is 0. The maximum Gasteiger partial charge on any atom is 0.411 e. The van der Waals surface area contributed by atoms with E-state index in [9.17, 15) is 13.2 Å². The smallest absolute Gasteiger partial charge is 0.374 e. The lowest BCUT2D eigenvalue weighted by atomic mass is 10.1. The molecule has 1 fully saturated rings. The topological polar surface area (TPSA) is 27.7 Å². The molecule has 1 aliphatic heterocycles. The molecule has 118 valence electrons. The molecule has 1 aromatic rings. The van der Waals surface area contributed by atoms with Crippen LogP contribution >= 0.6 is 0 Å². The first-order valence-electron chi connectivity index (χ1n) is 6.98. The molecule has 0 bridgehead atoms. The molecule has 1 heterocycles. The van der Waals surface area contributed by atoms with Crippen LogP contribution in [-0.4, -0.2) is 31.8 Å². The Morgan fingerprint density at radius 3 is 2.62 bits per heavy atom. The van der Waals surface area contributed by atoms with Crippen molar-refractivity contribution in [2.45, 2.75) is 44.4 Å². The van der Waals surface area contributed by atoms with Crippen LogP contribution in [0.4, 0.5) is 13.2 Å². The van der Waals surface area contributed by atoms with E-state index in [0.717, 1.165) is 18.4 Å². The van der Waals surface area contributed by atoms with E-state index in [2.05, 4.69) is 0 Å². The summed E-state index contributed by atoms with van der Waals surface area (Å²) < 4.78 is 52.0. The Labute approximate surface area is 122 Å². The van der Waals surface area contributed by atoms with Crippen LogP contribution in [0.15, 0.2) is 30.3 Å². The van der Waals surface area contributed by atoms with Crippen molar-refractivity contribution < 1.29 is 27.4 Å². The quantitative estimate of drug-likeness (QED) is 0.802. The first-order chi connectivity index (χ1) is 10.0. The maximum absolute atomic E-state index is 12.1. The van der Waals surface area contributed by atoms with Crippen LogP contribution in [0, 0.1) is 0 Å². The Bertz CT molecular complexity index is 408. The van der Waals surface area contributed by atoms with E-state index in [0.29, 0.717) is 19.6 Å². The molecule has 0 radical (unpaired) electrons. The molecule has 21 heavy (non-hydrogen) atoms. The molecular weight excluding hydrogens is 285 g/mol. The highest BCUT2D eigenvalue weighted by Gasteiger charge is 2.31. The van der Waals surface area contributed by atoms with Gasteiger partial charge in [-0.3, -0.25) is 0 Å². The summed E-state index contributed by atoms with van der Waals surface area (Å²) in [5.74, 6) is 0. The summed E-state index contributed by atoms with van der Waals surface area (Å²) in [5.41, 5.74) is 1.05. The highest BCUT2D eigenvalue weighted by atomic mass is 19.4. The first-order valence-corrected chi connectivity index (χ1v) is 6.98. The van der Waals surface area contributed by atoms with Crippen molar-refractivity contribution in [1.82, 2.24) is 0 Å². The van der Waals surface area contributed by atoms with Gasteiger partial charge in [-0.05, 0) is 24.8 Å². The van der Waals surface area contributed by atoms with E-state index >= 15 is 0 Å². The fourth-order valence-electron chi connectivity index (χ4n) is 2.18. The highest BCUT2D eigenvalue weighted by molar-refractivity contribution is 5.13. The second-order valence-electron chi connectivity index (χ2n) is 5.05. The van der Waals surface area contributed by atoms with Gasteiger partial charge in [0.1, 0.15) is 6.61 Å². The number of benzene rings is 1. The van der Waals surface area contributed by atoms with Crippen molar-refractivity contribution >= 4 is 0 Å². The zero-order valence-electron chi connectivity index (χ0n) is 11.6. The minimum atomic E-state index is -4.32. The predicted molar refractivity (Wildman–Crippen MR) is 70.6 cm³/mol. The van der Waals surface area contributed by atoms with Crippen LogP contribution in [0.1, 0.15) is 24.8 Å². The van der Waals surface area contributed by atoms with E-state index in [-0.39, 0.29) is 6.10 Å². The Morgan fingerprint density at radius 2 is 1.90 bits per heavy atom. The van der Waals surface area contributed by atoms with Gasteiger partial charge in [-0.15, -0.1) is 0 Å². The van der Waals surface area contributed by atoms with E-state index in [1.54, 1.807) is 0 Å². The van der Waals surface area contributed by atoms with E-state index in [4.69, 9.17) is 14.2 Å². The second kappa shape index (κ2) is 7.77. The number of hydrogen-bond acceptors (Lipinski definition) is 3. The van der Waals surface area contributed by atoms with Crippen LogP contribution in [0.2, 0.25) is 0 Å². The summed E-state index contributed by atoms with van der Waals surface area (Å²) >= 11 is 0. The fourth-order valence-corrected chi connectivity index (χ4v) is 2.18. The monoisotopic (exact) mass is 304 g/mol. The normalized spacial score (nSPS) is 23.2. The third-order valence-corrected chi connectivity index (χ3v) is 3.16. The molecule has 3 nitrogen and oxygen atoms in total. The molecule has 2 rings (SSSR count). The van der Waals surface area contributed by atoms with Crippen LogP contribution in [0.25, 0.3) is 0 Å². The lowest BCUT2D eigenvalue weighted by Crippen LogP contribution is -2.34. The lowest BCUT2D eigenvalue weighted by molar-refractivity contribution is -0.255. The van der Waals surface area contributed by atoms with Gasteiger partial charge in [0, 0.05) is 0 Å². The molecule has 6 heteroatoms. The zero-order chi connectivity index (χ0) is 15.1. The van der Waals surface area contributed by atoms with Gasteiger partial charge in [-0.25, -0.2) is 0 Å². The summed E-state index contributed by atoms with van der Waals surface area (Å²) in [6.45, 7) is -0.440. The van der Waals surface area contributed by atoms with Crippen LogP contribution in [0.3, 0.4) is 0 Å². The van der Waals surface area contributed by atoms with Gasteiger partial charge in [0.25, 0.3) is 0 Å². The van der Waals surface area contributed by atoms with Gasteiger partial charge in [-0.1, -0.05) is 30.3 Å². The molecule has 1 aromatic carbocycles. The third-order valence-electron chi connectivity index (χ3n) is 3.16. The van der Waals surface area contributed by atoms with Crippen molar-refractivity contribution in [2.24, 2.45) is 0 Å². The van der Waals surface area contributed by atoms with Crippen molar-refractivity contribution in [2.75, 3.05) is 13.2 Å².